The summed E-state index contributed by atoms with van der Waals surface area (Å²) < 4.78 is 27.4. The van der Waals surface area contributed by atoms with E-state index in [1.54, 1.807) is 0 Å². The molecule has 3 nitrogen and oxygen atoms in total. The summed E-state index contributed by atoms with van der Waals surface area (Å²) in [7, 11) is 0. The van der Waals surface area contributed by atoms with Crippen molar-refractivity contribution in [2.24, 2.45) is 0 Å². The molecular weight excluding hydrogens is 310 g/mol. The van der Waals surface area contributed by atoms with Crippen LogP contribution in [0.5, 0.6) is 0 Å². The van der Waals surface area contributed by atoms with Crippen LogP contribution in [0.1, 0.15) is 35.6 Å². The van der Waals surface area contributed by atoms with Gasteiger partial charge in [-0.1, -0.05) is 18.2 Å². The number of nitrogens with one attached hydrogen (secondary N) is 2. The number of rotatable bonds is 2. The van der Waals surface area contributed by atoms with Gasteiger partial charge >= 0.3 is 0 Å². The first-order chi connectivity index (χ1) is 11.6. The van der Waals surface area contributed by atoms with Gasteiger partial charge in [0.05, 0.1) is 6.04 Å². The van der Waals surface area contributed by atoms with Crippen LogP contribution in [0.4, 0.5) is 14.5 Å². The van der Waals surface area contributed by atoms with Crippen molar-refractivity contribution in [3.05, 3.63) is 64.7 Å². The maximum absolute atomic E-state index is 13.9. The molecule has 0 spiro atoms. The van der Waals surface area contributed by atoms with Crippen LogP contribution in [0.3, 0.4) is 0 Å². The monoisotopic (exact) mass is 328 g/mol. The van der Waals surface area contributed by atoms with Crippen LogP contribution in [0.15, 0.2) is 36.4 Å². The van der Waals surface area contributed by atoms with Crippen LogP contribution in [0, 0.1) is 11.6 Å². The van der Waals surface area contributed by atoms with Gasteiger partial charge in [0, 0.05) is 17.8 Å². The Morgan fingerprint density at radius 1 is 1.04 bits per heavy atom. The lowest BCUT2D eigenvalue weighted by Crippen LogP contribution is -2.41. The number of halogens is 2. The van der Waals surface area contributed by atoms with Crippen molar-refractivity contribution in [3.63, 3.8) is 0 Å². The Labute approximate surface area is 139 Å². The molecule has 1 aliphatic heterocycles. The summed E-state index contributed by atoms with van der Waals surface area (Å²) in [6.45, 7) is 0. The second-order valence-corrected chi connectivity index (χ2v) is 6.45. The number of amides is 1. The quantitative estimate of drug-likeness (QED) is 0.886. The van der Waals surface area contributed by atoms with Gasteiger partial charge < -0.3 is 5.32 Å². The fourth-order valence-electron chi connectivity index (χ4n) is 3.73. The summed E-state index contributed by atoms with van der Waals surface area (Å²) in [6, 6.07) is 9.49. The lowest BCUT2D eigenvalue weighted by atomic mass is 10.0. The van der Waals surface area contributed by atoms with E-state index in [4.69, 9.17) is 0 Å². The van der Waals surface area contributed by atoms with E-state index in [2.05, 4.69) is 10.6 Å². The SMILES string of the molecule is O=C1Nc2ccccc2CCC1NC1CCc2c(F)cc(F)cc21. The van der Waals surface area contributed by atoms with Crippen molar-refractivity contribution >= 4 is 11.6 Å². The second-order valence-electron chi connectivity index (χ2n) is 6.45. The first kappa shape index (κ1) is 15.3. The highest BCUT2D eigenvalue weighted by atomic mass is 19.1. The predicted octanol–water partition coefficient (Wildman–Crippen LogP) is 3.50. The number of anilines is 1. The number of hydrogen-bond donors (Lipinski definition) is 2. The lowest BCUT2D eigenvalue weighted by molar-refractivity contribution is -0.118. The Kier molecular flexibility index (Phi) is 3.81. The van der Waals surface area contributed by atoms with Gasteiger partial charge in [-0.15, -0.1) is 0 Å². The molecule has 124 valence electrons. The van der Waals surface area contributed by atoms with Crippen molar-refractivity contribution in [2.75, 3.05) is 5.32 Å². The fourth-order valence-corrected chi connectivity index (χ4v) is 3.73. The minimum absolute atomic E-state index is 0.0923. The maximum Gasteiger partial charge on any atom is 0.241 e. The number of fused-ring (bicyclic) bond motifs is 2. The highest BCUT2D eigenvalue weighted by Crippen LogP contribution is 2.34. The van der Waals surface area contributed by atoms with E-state index < -0.39 is 11.6 Å². The van der Waals surface area contributed by atoms with Gasteiger partial charge in [0.15, 0.2) is 0 Å². The van der Waals surface area contributed by atoms with E-state index in [-0.39, 0.29) is 18.0 Å². The number of benzene rings is 2. The Bertz CT molecular complexity index is 806. The normalized spacial score (nSPS) is 22.5. The molecule has 2 N–H and O–H groups in total. The molecule has 0 saturated carbocycles. The van der Waals surface area contributed by atoms with E-state index in [1.807, 2.05) is 24.3 Å². The highest BCUT2D eigenvalue weighted by Gasteiger charge is 2.31. The highest BCUT2D eigenvalue weighted by molar-refractivity contribution is 5.96. The Hall–Kier alpha value is -2.27. The molecule has 5 heteroatoms. The van der Waals surface area contributed by atoms with Crippen LogP contribution in [0.2, 0.25) is 0 Å². The summed E-state index contributed by atoms with van der Waals surface area (Å²) in [5.74, 6) is -1.16. The van der Waals surface area contributed by atoms with Crippen molar-refractivity contribution in [1.82, 2.24) is 5.32 Å². The molecule has 0 saturated heterocycles. The molecule has 2 aromatic rings. The predicted molar refractivity (Wildman–Crippen MR) is 87.7 cm³/mol. The summed E-state index contributed by atoms with van der Waals surface area (Å²) in [6.07, 6.45) is 2.68. The van der Waals surface area contributed by atoms with Crippen LogP contribution < -0.4 is 10.6 Å². The molecule has 2 aromatic carbocycles. The molecule has 1 heterocycles. The summed E-state index contributed by atoms with van der Waals surface area (Å²) in [5.41, 5.74) is 3.16. The smallest absolute Gasteiger partial charge is 0.241 e. The van der Waals surface area contributed by atoms with Gasteiger partial charge in [-0.2, -0.15) is 0 Å². The number of carbonyl (C=O) groups excluding carboxylic acids is 1. The van der Waals surface area contributed by atoms with E-state index in [0.717, 1.165) is 23.7 Å². The van der Waals surface area contributed by atoms with E-state index in [1.165, 1.54) is 6.07 Å². The van der Waals surface area contributed by atoms with Crippen molar-refractivity contribution in [2.45, 2.75) is 37.8 Å². The lowest BCUT2D eigenvalue weighted by Gasteiger charge is -2.21. The first-order valence-electron chi connectivity index (χ1n) is 8.24. The van der Waals surface area contributed by atoms with E-state index in [0.29, 0.717) is 30.4 Å². The molecule has 24 heavy (non-hydrogen) atoms. The third-order valence-electron chi connectivity index (χ3n) is 4.95. The van der Waals surface area contributed by atoms with Gasteiger partial charge in [0.25, 0.3) is 0 Å². The van der Waals surface area contributed by atoms with Crippen molar-refractivity contribution in [3.8, 4) is 0 Å². The summed E-state index contributed by atoms with van der Waals surface area (Å²) in [5, 5.41) is 6.25. The van der Waals surface area contributed by atoms with Crippen molar-refractivity contribution < 1.29 is 13.6 Å². The molecule has 1 aliphatic carbocycles. The summed E-state index contributed by atoms with van der Waals surface area (Å²) in [4.78, 5) is 12.5. The molecular formula is C19H18F2N2O. The Morgan fingerprint density at radius 2 is 1.83 bits per heavy atom. The van der Waals surface area contributed by atoms with Gasteiger partial charge in [-0.05, 0) is 54.5 Å². The van der Waals surface area contributed by atoms with Gasteiger partial charge in [-0.25, -0.2) is 8.78 Å². The topological polar surface area (TPSA) is 41.1 Å². The molecule has 2 aliphatic rings. The van der Waals surface area contributed by atoms with Crippen LogP contribution in [-0.4, -0.2) is 11.9 Å². The third-order valence-corrected chi connectivity index (χ3v) is 4.95. The molecule has 0 aromatic heterocycles. The second kappa shape index (κ2) is 5.98. The zero-order chi connectivity index (χ0) is 16.7. The molecule has 2 atom stereocenters. The molecule has 0 radical (unpaired) electrons. The largest absolute Gasteiger partial charge is 0.324 e. The first-order valence-corrected chi connectivity index (χ1v) is 8.24. The minimum Gasteiger partial charge on any atom is -0.324 e. The maximum atomic E-state index is 13.9. The molecule has 0 bridgehead atoms. The number of aryl methyl sites for hydroxylation is 1. The Balaban J connectivity index is 1.55. The number of hydrogen-bond acceptors (Lipinski definition) is 2. The van der Waals surface area contributed by atoms with Crippen LogP contribution in [0.25, 0.3) is 0 Å². The van der Waals surface area contributed by atoms with Gasteiger partial charge in [0.1, 0.15) is 11.6 Å². The molecule has 4 rings (SSSR count). The fraction of sp³-hybridized carbons (Fsp3) is 0.316. The zero-order valence-corrected chi connectivity index (χ0v) is 13.1. The minimum atomic E-state index is -0.572. The van der Waals surface area contributed by atoms with E-state index >= 15 is 0 Å². The number of carbonyl (C=O) groups is 1. The third kappa shape index (κ3) is 2.69. The standard InChI is InChI=1S/C19H18F2N2O/c20-12-9-14-13(15(21)10-12)6-8-17(14)22-18-7-5-11-3-1-2-4-16(11)23-19(18)24/h1-4,9-10,17-18,22H,5-8H2,(H,23,24). The molecule has 1 amide bonds. The Morgan fingerprint density at radius 3 is 2.71 bits per heavy atom. The summed E-state index contributed by atoms with van der Waals surface area (Å²) >= 11 is 0. The van der Waals surface area contributed by atoms with Gasteiger partial charge in [0.2, 0.25) is 5.91 Å². The van der Waals surface area contributed by atoms with Crippen molar-refractivity contribution in [1.29, 1.82) is 0 Å². The number of para-hydroxylation sites is 1. The van der Waals surface area contributed by atoms with Crippen LogP contribution >= 0.6 is 0 Å². The van der Waals surface area contributed by atoms with E-state index in [9.17, 15) is 13.6 Å². The van der Waals surface area contributed by atoms with Crippen LogP contribution in [-0.2, 0) is 17.6 Å². The molecule has 0 fully saturated rings. The average molecular weight is 328 g/mol. The average Bonchev–Trinajstić information content (AvgIpc) is 2.87. The zero-order valence-electron chi connectivity index (χ0n) is 13.1. The molecule has 2 unspecified atom stereocenters. The van der Waals surface area contributed by atoms with Gasteiger partial charge in [-0.3, -0.25) is 10.1 Å².